The molecule has 2 aromatic carbocycles. The number of carbonyl (C=O) groups is 2. The second kappa shape index (κ2) is 9.59. The summed E-state index contributed by atoms with van der Waals surface area (Å²) in [6.45, 7) is 1.06. The summed E-state index contributed by atoms with van der Waals surface area (Å²) in [6, 6.07) is 9.44. The van der Waals surface area contributed by atoms with Crippen LogP contribution in [0.5, 0.6) is 11.5 Å². The summed E-state index contributed by atoms with van der Waals surface area (Å²) in [5.41, 5.74) is -0.842. The monoisotopic (exact) mass is 463 g/mol. The Kier molecular flexibility index (Phi) is 6.85. The molecule has 1 heterocycles. The number of rotatable bonds is 7. The summed E-state index contributed by atoms with van der Waals surface area (Å²) >= 11 is 0. The van der Waals surface area contributed by atoms with Crippen LogP contribution in [-0.2, 0) is 17.5 Å². The molecule has 0 aliphatic heterocycles. The van der Waals surface area contributed by atoms with Crippen molar-refractivity contribution in [3.63, 3.8) is 0 Å². The highest BCUT2D eigenvalue weighted by Crippen LogP contribution is 2.34. The predicted octanol–water partition coefficient (Wildman–Crippen LogP) is 3.51. The number of amides is 2. The van der Waals surface area contributed by atoms with Crippen LogP contribution in [0.1, 0.15) is 21.7 Å². The molecule has 12 heteroatoms. The van der Waals surface area contributed by atoms with Gasteiger partial charge in [0.2, 0.25) is 5.91 Å². The van der Waals surface area contributed by atoms with Gasteiger partial charge in [0, 0.05) is 6.07 Å². The number of benzene rings is 2. The lowest BCUT2D eigenvalue weighted by Gasteiger charge is -2.13. The molecule has 1 aromatic heterocycles. The van der Waals surface area contributed by atoms with Crippen molar-refractivity contribution in [3.8, 4) is 11.5 Å². The van der Waals surface area contributed by atoms with Crippen molar-refractivity contribution in [2.75, 3.05) is 24.9 Å². The lowest BCUT2D eigenvalue weighted by atomic mass is 10.1. The summed E-state index contributed by atoms with van der Waals surface area (Å²) in [5, 5.41) is 12.4. The van der Waals surface area contributed by atoms with Crippen molar-refractivity contribution < 1.29 is 32.2 Å². The van der Waals surface area contributed by atoms with Gasteiger partial charge in [-0.25, -0.2) is 4.68 Å². The Bertz CT molecular complexity index is 1180. The van der Waals surface area contributed by atoms with Crippen molar-refractivity contribution in [3.05, 3.63) is 59.4 Å². The second-order valence-electron chi connectivity index (χ2n) is 6.79. The van der Waals surface area contributed by atoms with Gasteiger partial charge in [-0.3, -0.25) is 9.59 Å². The van der Waals surface area contributed by atoms with Crippen LogP contribution in [0.4, 0.5) is 24.5 Å². The minimum absolute atomic E-state index is 0.0663. The molecule has 3 rings (SSSR count). The molecular weight excluding hydrogens is 443 g/mol. The number of nitrogens with one attached hydrogen (secondary N) is 2. The third-order valence-electron chi connectivity index (χ3n) is 4.65. The quantitative estimate of drug-likeness (QED) is 0.555. The van der Waals surface area contributed by atoms with E-state index >= 15 is 0 Å². The molecule has 0 aliphatic carbocycles. The zero-order valence-corrected chi connectivity index (χ0v) is 17.9. The summed E-state index contributed by atoms with van der Waals surface area (Å²) in [5.74, 6) is -0.506. The number of nitrogens with zero attached hydrogens (tertiary/aromatic N) is 3. The number of methoxy groups -OCH3 is 2. The number of hydrogen-bond donors (Lipinski definition) is 2. The van der Waals surface area contributed by atoms with Gasteiger partial charge in [-0.1, -0.05) is 17.3 Å². The first-order valence-corrected chi connectivity index (χ1v) is 9.53. The summed E-state index contributed by atoms with van der Waals surface area (Å²) in [7, 11) is 2.91. The van der Waals surface area contributed by atoms with Gasteiger partial charge in [-0.2, -0.15) is 13.2 Å². The summed E-state index contributed by atoms with van der Waals surface area (Å²) in [4.78, 5) is 25.0. The molecule has 174 valence electrons. The Hall–Kier alpha value is -4.09. The van der Waals surface area contributed by atoms with Crippen LogP contribution in [0.3, 0.4) is 0 Å². The van der Waals surface area contributed by atoms with Crippen molar-refractivity contribution in [2.24, 2.45) is 0 Å². The van der Waals surface area contributed by atoms with Gasteiger partial charge in [-0.05, 0) is 31.2 Å². The first kappa shape index (κ1) is 23.6. The molecule has 0 unspecified atom stereocenters. The van der Waals surface area contributed by atoms with E-state index in [0.29, 0.717) is 17.2 Å². The lowest BCUT2D eigenvalue weighted by molar-refractivity contribution is -0.137. The van der Waals surface area contributed by atoms with Crippen LogP contribution in [0, 0.1) is 6.92 Å². The zero-order valence-electron chi connectivity index (χ0n) is 17.9. The molecule has 0 aliphatic rings. The van der Waals surface area contributed by atoms with Crippen LogP contribution in [0.25, 0.3) is 0 Å². The highest BCUT2D eigenvalue weighted by molar-refractivity contribution is 6.04. The summed E-state index contributed by atoms with van der Waals surface area (Å²) < 4.78 is 50.8. The van der Waals surface area contributed by atoms with Crippen molar-refractivity contribution in [1.29, 1.82) is 0 Å². The number of aromatic nitrogens is 3. The average molecular weight is 463 g/mol. The third-order valence-corrected chi connectivity index (χ3v) is 4.65. The van der Waals surface area contributed by atoms with Gasteiger partial charge in [-0.15, -0.1) is 5.10 Å². The van der Waals surface area contributed by atoms with Crippen molar-refractivity contribution >= 4 is 23.2 Å². The van der Waals surface area contributed by atoms with Gasteiger partial charge in [0.05, 0.1) is 36.9 Å². The normalized spacial score (nSPS) is 11.1. The molecule has 33 heavy (non-hydrogen) atoms. The van der Waals surface area contributed by atoms with E-state index in [1.165, 1.54) is 33.3 Å². The molecule has 0 bridgehead atoms. The van der Waals surface area contributed by atoms with Gasteiger partial charge in [0.25, 0.3) is 5.91 Å². The highest BCUT2D eigenvalue weighted by Gasteiger charge is 2.33. The van der Waals surface area contributed by atoms with Crippen LogP contribution >= 0.6 is 0 Å². The number of carbonyl (C=O) groups excluding carboxylic acids is 2. The first-order valence-electron chi connectivity index (χ1n) is 9.53. The van der Waals surface area contributed by atoms with Gasteiger partial charge >= 0.3 is 6.18 Å². The standard InChI is InChI=1S/C21H20F3N5O4/c1-12-19(20(31)26-16-10-13(32-2)8-9-17(16)33-3)27-28-29(12)11-18(30)25-15-7-5-4-6-14(15)21(22,23)24/h4-10H,11H2,1-3H3,(H,25,30)(H,26,31). The number of ether oxygens (including phenoxy) is 2. The van der Waals surface area contributed by atoms with E-state index in [4.69, 9.17) is 9.47 Å². The van der Waals surface area contributed by atoms with Gasteiger partial charge in [0.15, 0.2) is 5.69 Å². The minimum Gasteiger partial charge on any atom is -0.497 e. The number of para-hydroxylation sites is 1. The Balaban J connectivity index is 1.74. The number of alkyl halides is 3. The fraction of sp³-hybridized carbons (Fsp3) is 0.238. The Morgan fingerprint density at radius 2 is 1.76 bits per heavy atom. The van der Waals surface area contributed by atoms with Gasteiger partial charge in [0.1, 0.15) is 18.0 Å². The zero-order chi connectivity index (χ0) is 24.2. The Labute approximate surface area is 186 Å². The van der Waals surface area contributed by atoms with Crippen LogP contribution in [0.2, 0.25) is 0 Å². The molecular formula is C21H20F3N5O4. The number of halogens is 3. The number of hydrogen-bond acceptors (Lipinski definition) is 6. The molecule has 0 spiro atoms. The highest BCUT2D eigenvalue weighted by atomic mass is 19.4. The molecule has 2 N–H and O–H groups in total. The van der Waals surface area contributed by atoms with E-state index in [-0.39, 0.29) is 17.1 Å². The molecule has 3 aromatic rings. The van der Waals surface area contributed by atoms with Crippen molar-refractivity contribution in [2.45, 2.75) is 19.6 Å². The Morgan fingerprint density at radius 1 is 1.03 bits per heavy atom. The molecule has 0 fully saturated rings. The molecule has 9 nitrogen and oxygen atoms in total. The molecule has 0 saturated heterocycles. The van der Waals surface area contributed by atoms with E-state index < -0.39 is 30.1 Å². The molecule has 0 atom stereocenters. The van der Waals surface area contributed by atoms with E-state index in [9.17, 15) is 22.8 Å². The van der Waals surface area contributed by atoms with E-state index in [1.54, 1.807) is 18.2 Å². The maximum absolute atomic E-state index is 13.1. The fourth-order valence-corrected chi connectivity index (χ4v) is 2.98. The minimum atomic E-state index is -4.63. The smallest absolute Gasteiger partial charge is 0.418 e. The lowest BCUT2D eigenvalue weighted by Crippen LogP contribution is -2.22. The number of anilines is 2. The molecule has 0 saturated carbocycles. The Morgan fingerprint density at radius 3 is 2.42 bits per heavy atom. The first-order chi connectivity index (χ1) is 15.6. The van der Waals surface area contributed by atoms with E-state index in [0.717, 1.165) is 16.8 Å². The molecule has 0 radical (unpaired) electrons. The SMILES string of the molecule is COc1ccc(OC)c(NC(=O)c2nnn(CC(=O)Nc3ccccc3C(F)(F)F)c2C)c1. The fourth-order valence-electron chi connectivity index (χ4n) is 2.98. The van der Waals surface area contributed by atoms with Crippen LogP contribution < -0.4 is 20.1 Å². The largest absolute Gasteiger partial charge is 0.497 e. The third kappa shape index (κ3) is 5.40. The van der Waals surface area contributed by atoms with E-state index in [2.05, 4.69) is 20.9 Å². The molecule has 2 amide bonds. The van der Waals surface area contributed by atoms with Gasteiger partial charge < -0.3 is 20.1 Å². The van der Waals surface area contributed by atoms with Crippen LogP contribution in [0.15, 0.2) is 42.5 Å². The summed E-state index contributed by atoms with van der Waals surface area (Å²) in [6.07, 6.45) is -4.63. The van der Waals surface area contributed by atoms with Crippen LogP contribution in [-0.4, -0.2) is 41.0 Å². The maximum atomic E-state index is 13.1. The predicted molar refractivity (Wildman–Crippen MR) is 112 cm³/mol. The second-order valence-corrected chi connectivity index (χ2v) is 6.79. The topological polar surface area (TPSA) is 107 Å². The van der Waals surface area contributed by atoms with E-state index in [1.807, 2.05) is 0 Å². The maximum Gasteiger partial charge on any atom is 0.418 e. The average Bonchev–Trinajstić information content (AvgIpc) is 3.13. The van der Waals surface area contributed by atoms with Crippen molar-refractivity contribution in [1.82, 2.24) is 15.0 Å².